The van der Waals surface area contributed by atoms with Crippen molar-refractivity contribution in [1.29, 1.82) is 0 Å². The van der Waals surface area contributed by atoms with Gasteiger partial charge in [0.25, 0.3) is 5.69 Å². The van der Waals surface area contributed by atoms with Crippen molar-refractivity contribution < 1.29 is 14.6 Å². The van der Waals surface area contributed by atoms with Crippen LogP contribution in [0.1, 0.15) is 42.6 Å². The Balaban J connectivity index is 1.79. The minimum atomic E-state index is -0.388. The van der Waals surface area contributed by atoms with Crippen molar-refractivity contribution in [1.82, 2.24) is 4.98 Å². The fourth-order valence-electron chi connectivity index (χ4n) is 4.99. The molecule has 3 atom stereocenters. The summed E-state index contributed by atoms with van der Waals surface area (Å²) in [5.41, 5.74) is 3.86. The fourth-order valence-corrected chi connectivity index (χ4v) is 4.99. The molecule has 0 saturated heterocycles. The first-order chi connectivity index (χ1) is 13.6. The molecule has 6 heteroatoms. The molecule has 2 aliphatic rings. The van der Waals surface area contributed by atoms with E-state index in [-0.39, 0.29) is 28.6 Å². The van der Waals surface area contributed by atoms with Gasteiger partial charge < -0.3 is 4.98 Å². The zero-order chi connectivity index (χ0) is 19.4. The quantitative estimate of drug-likeness (QED) is 0.545. The number of carbonyl (C=O) groups excluding carboxylic acids is 1. The van der Waals surface area contributed by atoms with E-state index in [4.69, 9.17) is 0 Å². The van der Waals surface area contributed by atoms with Crippen molar-refractivity contribution >= 4 is 22.5 Å². The van der Waals surface area contributed by atoms with Crippen LogP contribution in [0.5, 0.6) is 0 Å². The Morgan fingerprint density at radius 3 is 2.57 bits per heavy atom. The van der Waals surface area contributed by atoms with Gasteiger partial charge in [-0.25, -0.2) is 4.79 Å². The molecule has 6 nitrogen and oxygen atoms in total. The van der Waals surface area contributed by atoms with Gasteiger partial charge in [0.2, 0.25) is 0 Å². The number of H-pyrrole nitrogens is 1. The predicted octanol–water partition coefficient (Wildman–Crippen LogP) is 2.93. The normalized spacial score (nSPS) is 24.1. The molecule has 0 spiro atoms. The molecule has 1 aliphatic heterocycles. The summed E-state index contributed by atoms with van der Waals surface area (Å²) in [5, 5.41) is 12.9. The number of nitrogens with zero attached hydrogens (tertiary/aromatic N) is 1. The van der Waals surface area contributed by atoms with Gasteiger partial charge in [-0.05, 0) is 30.5 Å². The van der Waals surface area contributed by atoms with E-state index in [0.29, 0.717) is 11.5 Å². The number of aromatic amines is 1. The van der Waals surface area contributed by atoms with Gasteiger partial charge in [0, 0.05) is 29.3 Å². The first-order valence-corrected chi connectivity index (χ1v) is 9.76. The second-order valence-corrected chi connectivity index (χ2v) is 7.97. The lowest BCUT2D eigenvalue weighted by Gasteiger charge is -2.37. The van der Waals surface area contributed by atoms with Gasteiger partial charge in [-0.15, -0.1) is 0 Å². The molecule has 1 aromatic heterocycles. The number of para-hydroxylation sites is 2. The van der Waals surface area contributed by atoms with E-state index in [1.807, 2.05) is 24.3 Å². The molecule has 1 saturated carbocycles. The number of benzene rings is 2. The molecule has 1 aliphatic carbocycles. The predicted molar refractivity (Wildman–Crippen MR) is 105 cm³/mol. The first kappa shape index (κ1) is 17.1. The van der Waals surface area contributed by atoms with E-state index < -0.39 is 0 Å². The average Bonchev–Trinajstić information content (AvgIpc) is 3.47. The van der Waals surface area contributed by atoms with Crippen molar-refractivity contribution in [2.45, 2.75) is 38.3 Å². The molecule has 3 aromatic rings. The number of amides is 1. The number of nitrogens with one attached hydrogen (secondary N) is 2. The summed E-state index contributed by atoms with van der Waals surface area (Å²) in [4.78, 5) is 28.6. The van der Waals surface area contributed by atoms with Crippen LogP contribution in [0.2, 0.25) is 0 Å². The molecule has 0 bridgehead atoms. The topological polar surface area (TPSA) is 80.4 Å². The Bertz CT molecular complexity index is 1100. The van der Waals surface area contributed by atoms with Crippen molar-refractivity contribution in [3.63, 3.8) is 0 Å². The van der Waals surface area contributed by atoms with Crippen molar-refractivity contribution in [3.05, 3.63) is 75.5 Å². The molecule has 2 heterocycles. The largest absolute Gasteiger partial charge is 0.353 e. The second kappa shape index (κ2) is 6.27. The van der Waals surface area contributed by atoms with E-state index >= 15 is 0 Å². The van der Waals surface area contributed by atoms with E-state index in [2.05, 4.69) is 11.1 Å². The third kappa shape index (κ3) is 2.56. The molecular formula is C22H22N3O3+. The second-order valence-electron chi connectivity index (χ2n) is 7.97. The van der Waals surface area contributed by atoms with Gasteiger partial charge >= 0.3 is 5.91 Å². The Morgan fingerprint density at radius 1 is 1.14 bits per heavy atom. The summed E-state index contributed by atoms with van der Waals surface area (Å²) >= 11 is 0. The minimum absolute atomic E-state index is 0.0457. The van der Waals surface area contributed by atoms with Crippen LogP contribution in [0, 0.1) is 16.0 Å². The van der Waals surface area contributed by atoms with Crippen LogP contribution in [0.25, 0.3) is 10.9 Å². The third-order valence-corrected chi connectivity index (χ3v) is 6.31. The van der Waals surface area contributed by atoms with Crippen LogP contribution in [-0.4, -0.2) is 21.9 Å². The lowest BCUT2D eigenvalue weighted by atomic mass is 9.85. The number of nitro groups is 1. The summed E-state index contributed by atoms with van der Waals surface area (Å²) in [5.74, 6) is 0.551. The molecule has 2 aromatic carbocycles. The third-order valence-electron chi connectivity index (χ3n) is 6.31. The highest BCUT2D eigenvalue weighted by atomic mass is 16.6. The molecule has 5 rings (SSSR count). The number of quaternary nitrogens is 1. The van der Waals surface area contributed by atoms with Crippen molar-refractivity contribution in [3.8, 4) is 0 Å². The van der Waals surface area contributed by atoms with Gasteiger partial charge in [0.1, 0.15) is 6.04 Å². The van der Waals surface area contributed by atoms with Gasteiger partial charge in [-0.3, -0.25) is 15.0 Å². The first-order valence-electron chi connectivity index (χ1n) is 9.76. The molecule has 3 unspecified atom stereocenters. The maximum atomic E-state index is 12.8. The van der Waals surface area contributed by atoms with E-state index in [0.717, 1.165) is 40.8 Å². The maximum absolute atomic E-state index is 12.8. The molecule has 1 fully saturated rings. The van der Waals surface area contributed by atoms with Gasteiger partial charge in [-0.1, -0.05) is 30.3 Å². The number of aromatic nitrogens is 1. The summed E-state index contributed by atoms with van der Waals surface area (Å²) in [7, 11) is 0. The Labute approximate surface area is 162 Å². The molecule has 142 valence electrons. The number of rotatable bonds is 3. The molecule has 28 heavy (non-hydrogen) atoms. The van der Waals surface area contributed by atoms with Gasteiger partial charge in [0.05, 0.1) is 23.1 Å². The lowest BCUT2D eigenvalue weighted by molar-refractivity contribution is -0.879. The van der Waals surface area contributed by atoms with Crippen LogP contribution >= 0.6 is 0 Å². The monoisotopic (exact) mass is 376 g/mol. The summed E-state index contributed by atoms with van der Waals surface area (Å²) in [6.07, 6.45) is 3.08. The summed E-state index contributed by atoms with van der Waals surface area (Å²) in [6, 6.07) is 14.8. The smallest absolute Gasteiger partial charge is 0.310 e. The molecule has 1 amide bonds. The van der Waals surface area contributed by atoms with E-state index in [1.54, 1.807) is 19.1 Å². The molecular weight excluding hydrogens is 354 g/mol. The Kier molecular flexibility index (Phi) is 3.84. The minimum Gasteiger partial charge on any atom is -0.353 e. The molecule has 0 radical (unpaired) electrons. The zero-order valence-corrected chi connectivity index (χ0v) is 15.6. The fraction of sp³-hybridized carbons (Fsp3) is 0.318. The van der Waals surface area contributed by atoms with Crippen LogP contribution in [0.3, 0.4) is 0 Å². The van der Waals surface area contributed by atoms with Crippen molar-refractivity contribution in [2.24, 2.45) is 5.92 Å². The summed E-state index contributed by atoms with van der Waals surface area (Å²) < 4.78 is 0. The van der Waals surface area contributed by atoms with E-state index in [9.17, 15) is 14.9 Å². The number of carbonyl (C=O) groups is 1. The van der Waals surface area contributed by atoms with E-state index in [1.165, 1.54) is 11.6 Å². The van der Waals surface area contributed by atoms with Crippen LogP contribution in [0.4, 0.5) is 5.69 Å². The SMILES string of the molecule is CC(=O)[NH+]1C(c2ccccc2[N+](=O)[O-])c2[nH]c3ccccc3c2CC1C1CC1. The highest BCUT2D eigenvalue weighted by Crippen LogP contribution is 2.41. The van der Waals surface area contributed by atoms with Crippen LogP contribution in [-0.2, 0) is 11.2 Å². The maximum Gasteiger partial charge on any atom is 0.310 e. The summed E-state index contributed by atoms with van der Waals surface area (Å²) in [6.45, 7) is 1.61. The van der Waals surface area contributed by atoms with Gasteiger partial charge in [0.15, 0.2) is 6.04 Å². The van der Waals surface area contributed by atoms with Crippen LogP contribution < -0.4 is 4.90 Å². The van der Waals surface area contributed by atoms with Crippen molar-refractivity contribution in [2.75, 3.05) is 0 Å². The Morgan fingerprint density at radius 2 is 1.86 bits per heavy atom. The lowest BCUT2D eigenvalue weighted by Crippen LogP contribution is -3.19. The number of fused-ring (bicyclic) bond motifs is 3. The molecule has 2 N–H and O–H groups in total. The zero-order valence-electron chi connectivity index (χ0n) is 15.6. The standard InChI is InChI=1S/C22H21N3O3/c1-13(26)24-20(14-10-11-14)12-17-15-6-2-4-8-18(15)23-21(17)22(24)16-7-3-5-9-19(16)25(27)28/h2-9,14,20,22-23H,10-12H2,1H3/p+1. The Hall–Kier alpha value is -2.99. The van der Waals surface area contributed by atoms with Crippen LogP contribution in [0.15, 0.2) is 48.5 Å². The van der Waals surface area contributed by atoms with Gasteiger partial charge in [-0.2, -0.15) is 0 Å². The highest BCUT2D eigenvalue weighted by Gasteiger charge is 2.50. The average molecular weight is 376 g/mol. The number of nitro benzene ring substituents is 1. The highest BCUT2D eigenvalue weighted by molar-refractivity contribution is 5.85. The number of hydrogen-bond acceptors (Lipinski definition) is 3. The number of hydrogen-bond donors (Lipinski definition) is 2.